The number of carbonyl (C=O) groups is 2. The number of amides is 2. The third-order valence-electron chi connectivity index (χ3n) is 6.61. The highest BCUT2D eigenvalue weighted by atomic mass is 16.5. The molecule has 1 saturated heterocycles. The van der Waals surface area contributed by atoms with Gasteiger partial charge in [0.15, 0.2) is 0 Å². The highest BCUT2D eigenvalue weighted by Gasteiger charge is 2.31. The first-order valence-corrected chi connectivity index (χ1v) is 11.2. The molecule has 3 aliphatic rings. The van der Waals surface area contributed by atoms with Gasteiger partial charge in [-0.3, -0.25) is 9.59 Å². The summed E-state index contributed by atoms with van der Waals surface area (Å²) in [6.07, 6.45) is 8.33. The smallest absolute Gasteiger partial charge is 0.253 e. The fraction of sp³-hybridized carbons (Fsp3) is 0.565. The van der Waals surface area contributed by atoms with Crippen molar-refractivity contribution >= 4 is 11.8 Å². The lowest BCUT2D eigenvalue weighted by Gasteiger charge is -2.32. The summed E-state index contributed by atoms with van der Waals surface area (Å²) in [5, 5.41) is 7.25. The van der Waals surface area contributed by atoms with Gasteiger partial charge in [-0.1, -0.05) is 30.1 Å². The Morgan fingerprint density at radius 1 is 0.967 bits per heavy atom. The van der Waals surface area contributed by atoms with Crippen LogP contribution in [0.5, 0.6) is 0 Å². The van der Waals surface area contributed by atoms with Crippen molar-refractivity contribution < 1.29 is 14.1 Å². The first kappa shape index (κ1) is 19.3. The molecule has 7 nitrogen and oxygen atoms in total. The van der Waals surface area contributed by atoms with Crippen LogP contribution < -0.4 is 5.32 Å². The van der Waals surface area contributed by atoms with E-state index in [4.69, 9.17) is 4.52 Å². The first-order valence-electron chi connectivity index (χ1n) is 11.2. The molecule has 7 heteroatoms. The number of piperidine rings is 1. The molecule has 0 bridgehead atoms. The Morgan fingerprint density at radius 2 is 1.67 bits per heavy atom. The average Bonchev–Trinajstić information content (AvgIpc) is 3.29. The van der Waals surface area contributed by atoms with Crippen LogP contribution in [0.4, 0.5) is 0 Å². The van der Waals surface area contributed by atoms with Gasteiger partial charge in [0.05, 0.1) is 0 Å². The van der Waals surface area contributed by atoms with Crippen LogP contribution in [-0.4, -0.2) is 46.0 Å². The molecule has 30 heavy (non-hydrogen) atoms. The lowest BCUT2D eigenvalue weighted by molar-refractivity contribution is -0.127. The molecule has 2 aromatic rings. The molecule has 1 aromatic carbocycles. The maximum absolute atomic E-state index is 12.9. The SMILES string of the molecule is O=C(NC1CCCC1)C1CCN(C(=O)c2ccc(-c3noc(C4CC4)n3)cc2)CC1. The van der Waals surface area contributed by atoms with Crippen molar-refractivity contribution in [1.82, 2.24) is 20.4 Å². The van der Waals surface area contributed by atoms with E-state index in [0.29, 0.717) is 42.3 Å². The quantitative estimate of drug-likeness (QED) is 0.818. The van der Waals surface area contributed by atoms with Crippen molar-refractivity contribution in [3.05, 3.63) is 35.7 Å². The van der Waals surface area contributed by atoms with Gasteiger partial charge in [0, 0.05) is 42.1 Å². The number of nitrogens with one attached hydrogen (secondary N) is 1. The van der Waals surface area contributed by atoms with E-state index in [1.54, 1.807) is 0 Å². The van der Waals surface area contributed by atoms with E-state index in [1.165, 1.54) is 12.8 Å². The molecule has 2 heterocycles. The maximum Gasteiger partial charge on any atom is 0.253 e. The minimum Gasteiger partial charge on any atom is -0.353 e. The third-order valence-corrected chi connectivity index (χ3v) is 6.61. The monoisotopic (exact) mass is 408 g/mol. The zero-order valence-corrected chi connectivity index (χ0v) is 17.2. The summed E-state index contributed by atoms with van der Waals surface area (Å²) in [6, 6.07) is 7.75. The normalized spacial score (nSPS) is 20.5. The number of carbonyl (C=O) groups excluding carboxylic acids is 2. The van der Waals surface area contributed by atoms with Gasteiger partial charge in [0.25, 0.3) is 5.91 Å². The van der Waals surface area contributed by atoms with Crippen LogP contribution in [-0.2, 0) is 4.79 Å². The Balaban J connectivity index is 1.15. The summed E-state index contributed by atoms with van der Waals surface area (Å²) in [5.41, 5.74) is 1.50. The number of hydrogen-bond donors (Lipinski definition) is 1. The van der Waals surface area contributed by atoms with Crippen LogP contribution in [0.15, 0.2) is 28.8 Å². The topological polar surface area (TPSA) is 88.3 Å². The van der Waals surface area contributed by atoms with Gasteiger partial charge in [0.1, 0.15) is 0 Å². The Labute approximate surface area is 176 Å². The number of likely N-dealkylation sites (tertiary alicyclic amines) is 1. The van der Waals surface area contributed by atoms with Crippen LogP contribution >= 0.6 is 0 Å². The lowest BCUT2D eigenvalue weighted by atomic mass is 9.95. The molecule has 0 atom stereocenters. The Morgan fingerprint density at radius 3 is 2.33 bits per heavy atom. The molecule has 0 radical (unpaired) electrons. The minimum atomic E-state index is 0.0167. The molecule has 2 saturated carbocycles. The second-order valence-corrected chi connectivity index (χ2v) is 8.86. The minimum absolute atomic E-state index is 0.0167. The molecule has 5 rings (SSSR count). The zero-order chi connectivity index (χ0) is 20.5. The van der Waals surface area contributed by atoms with E-state index in [-0.39, 0.29) is 17.7 Å². The van der Waals surface area contributed by atoms with Crippen molar-refractivity contribution in [2.24, 2.45) is 5.92 Å². The maximum atomic E-state index is 12.9. The first-order chi connectivity index (χ1) is 14.7. The molecule has 1 aromatic heterocycles. The molecule has 1 aliphatic heterocycles. The fourth-order valence-corrected chi connectivity index (χ4v) is 4.53. The summed E-state index contributed by atoms with van der Waals surface area (Å²) >= 11 is 0. The highest BCUT2D eigenvalue weighted by Crippen LogP contribution is 2.39. The van der Waals surface area contributed by atoms with Gasteiger partial charge in [-0.25, -0.2) is 0 Å². The van der Waals surface area contributed by atoms with Gasteiger partial charge in [-0.15, -0.1) is 0 Å². The second-order valence-electron chi connectivity index (χ2n) is 8.86. The van der Waals surface area contributed by atoms with E-state index >= 15 is 0 Å². The van der Waals surface area contributed by atoms with Gasteiger partial charge in [-0.05, 0) is 50.7 Å². The van der Waals surface area contributed by atoms with Gasteiger partial charge < -0.3 is 14.7 Å². The highest BCUT2D eigenvalue weighted by molar-refractivity contribution is 5.94. The van der Waals surface area contributed by atoms with Crippen molar-refractivity contribution in [3.8, 4) is 11.4 Å². The van der Waals surface area contributed by atoms with Crippen LogP contribution in [0, 0.1) is 5.92 Å². The molecule has 0 spiro atoms. The summed E-state index contributed by atoms with van der Waals surface area (Å²) < 4.78 is 5.32. The molecule has 2 aliphatic carbocycles. The summed E-state index contributed by atoms with van der Waals surface area (Å²) in [7, 11) is 0. The van der Waals surface area contributed by atoms with E-state index < -0.39 is 0 Å². The number of hydrogen-bond acceptors (Lipinski definition) is 5. The van der Waals surface area contributed by atoms with E-state index in [2.05, 4.69) is 15.5 Å². The molecule has 2 amide bonds. The number of benzene rings is 1. The van der Waals surface area contributed by atoms with Crippen molar-refractivity contribution in [3.63, 3.8) is 0 Å². The van der Waals surface area contributed by atoms with E-state index in [9.17, 15) is 9.59 Å². The van der Waals surface area contributed by atoms with Crippen molar-refractivity contribution in [2.45, 2.75) is 63.3 Å². The average molecular weight is 409 g/mol. The molecule has 158 valence electrons. The van der Waals surface area contributed by atoms with E-state index in [1.807, 2.05) is 29.2 Å². The van der Waals surface area contributed by atoms with Crippen molar-refractivity contribution in [2.75, 3.05) is 13.1 Å². The number of nitrogens with zero attached hydrogens (tertiary/aromatic N) is 3. The van der Waals surface area contributed by atoms with Crippen LogP contribution in [0.3, 0.4) is 0 Å². The zero-order valence-electron chi connectivity index (χ0n) is 17.2. The van der Waals surface area contributed by atoms with Crippen molar-refractivity contribution in [1.29, 1.82) is 0 Å². The molecule has 0 unspecified atom stereocenters. The fourth-order valence-electron chi connectivity index (χ4n) is 4.53. The Hall–Kier alpha value is -2.70. The number of aromatic nitrogens is 2. The molecular weight excluding hydrogens is 380 g/mol. The molecule has 1 N–H and O–H groups in total. The largest absolute Gasteiger partial charge is 0.353 e. The van der Waals surface area contributed by atoms with Crippen LogP contribution in [0.25, 0.3) is 11.4 Å². The van der Waals surface area contributed by atoms with Crippen LogP contribution in [0.1, 0.15) is 73.5 Å². The Kier molecular flexibility index (Phi) is 5.27. The van der Waals surface area contributed by atoms with E-state index in [0.717, 1.165) is 44.1 Å². The van der Waals surface area contributed by atoms with Gasteiger partial charge >= 0.3 is 0 Å². The second kappa shape index (κ2) is 8.20. The van der Waals surface area contributed by atoms with Crippen LogP contribution in [0.2, 0.25) is 0 Å². The molecular formula is C23H28N4O3. The molecule has 3 fully saturated rings. The summed E-state index contributed by atoms with van der Waals surface area (Å²) in [6.45, 7) is 1.25. The summed E-state index contributed by atoms with van der Waals surface area (Å²) in [5.74, 6) is 1.92. The van der Waals surface area contributed by atoms with Gasteiger partial charge in [-0.2, -0.15) is 4.98 Å². The third kappa shape index (κ3) is 4.11. The lowest BCUT2D eigenvalue weighted by Crippen LogP contribution is -2.44. The standard InChI is InChI=1S/C23H28N4O3/c28-21(24-19-3-1-2-4-19)16-11-13-27(14-12-16)23(29)18-9-5-15(6-10-18)20-25-22(30-26-20)17-7-8-17/h5-6,9-10,16-17,19H,1-4,7-8,11-14H2,(H,24,28). The predicted octanol–water partition coefficient (Wildman–Crippen LogP) is 3.53. The number of rotatable bonds is 5. The Bertz CT molecular complexity index is 905. The predicted molar refractivity (Wildman–Crippen MR) is 111 cm³/mol. The van der Waals surface area contributed by atoms with Gasteiger partial charge in [0.2, 0.25) is 17.6 Å². The summed E-state index contributed by atoms with van der Waals surface area (Å²) in [4.78, 5) is 31.7.